The van der Waals surface area contributed by atoms with Gasteiger partial charge < -0.3 is 53.9 Å². The lowest BCUT2D eigenvalue weighted by atomic mass is 10.1. The lowest BCUT2D eigenvalue weighted by molar-refractivity contribution is -0.0221. The molecule has 0 amide bonds. The Hall–Kier alpha value is -0.480. The van der Waals surface area contributed by atoms with Gasteiger partial charge in [0, 0.05) is 89.3 Å². The molecule has 14 aliphatic heterocycles. The van der Waals surface area contributed by atoms with Crippen molar-refractivity contribution in [2.24, 2.45) is 21.8 Å². The van der Waals surface area contributed by atoms with E-state index in [1.165, 1.54) is 165 Å². The number of aliphatic imine (C=N–C) groups is 2. The Morgan fingerprint density at radius 3 is 0.650 bits per heavy atom. The monoisotopic (exact) mass is 1740 g/mol. The maximum atomic E-state index is 5.07. The molecule has 0 bridgehead atoms. The molecule has 117 heavy (non-hydrogen) atoms. The number of piperidine rings is 1. The fraction of sp³-hybridized carbons (Fsp3) is 0.980. The van der Waals surface area contributed by atoms with E-state index in [4.69, 9.17) is 38.0 Å². The highest BCUT2D eigenvalue weighted by Crippen LogP contribution is 2.15. The molecule has 0 aromatic rings. The van der Waals surface area contributed by atoms with E-state index in [1.54, 1.807) is 0 Å². The molecule has 12 fully saturated rings. The average Bonchev–Trinajstić information content (AvgIpc) is 1.68. The van der Waals surface area contributed by atoms with Crippen molar-refractivity contribution in [2.75, 3.05) is 162 Å². The van der Waals surface area contributed by atoms with Crippen molar-refractivity contribution in [3.8, 4) is 0 Å². The molecule has 15 nitrogen and oxygen atoms in total. The van der Waals surface area contributed by atoms with Crippen molar-refractivity contribution in [2.45, 2.75) is 480 Å². The Balaban J connectivity index is -0.0000000374. The minimum Gasteiger partial charge on any atom is -0.381 e. The first-order valence-corrected chi connectivity index (χ1v) is 53.7. The third-order valence-electron chi connectivity index (χ3n) is 11.2. The molecule has 0 radical (unpaired) electrons. The molecular formula is C100H249N7O8S2. The van der Waals surface area contributed by atoms with E-state index in [1.807, 2.05) is 331 Å². The van der Waals surface area contributed by atoms with Gasteiger partial charge in [0.15, 0.2) is 0 Å². The van der Waals surface area contributed by atoms with E-state index in [-0.39, 0.29) is 0 Å². The van der Waals surface area contributed by atoms with Gasteiger partial charge in [-0.15, -0.1) is 0 Å². The van der Waals surface area contributed by atoms with E-state index in [9.17, 15) is 0 Å². The van der Waals surface area contributed by atoms with Crippen molar-refractivity contribution in [3.05, 3.63) is 0 Å². The maximum Gasteiger partial charge on any atom is 0.146 e. The summed E-state index contributed by atoms with van der Waals surface area (Å²) >= 11 is 4.17. The molecular weight excluding hydrogens is 1490 g/mol. The zero-order valence-corrected chi connectivity index (χ0v) is 93.8. The van der Waals surface area contributed by atoms with Crippen LogP contribution in [0, 0.1) is 11.8 Å². The average molecular weight is 1740 g/mol. The summed E-state index contributed by atoms with van der Waals surface area (Å²) in [6, 6.07) is 1.47. The number of ether oxygens (including phenoxy) is 7. The smallest absolute Gasteiger partial charge is 0.146 e. The van der Waals surface area contributed by atoms with E-state index >= 15 is 0 Å². The molecule has 5 N–H and O–H groups in total. The van der Waals surface area contributed by atoms with Gasteiger partial charge in [0.1, 0.15) is 6.79 Å². The van der Waals surface area contributed by atoms with Crippen LogP contribution in [-0.2, 0) is 38.0 Å². The quantitative estimate of drug-likeness (QED) is 0.145. The first-order chi connectivity index (χ1) is 58.0. The molecule has 12 saturated heterocycles. The van der Waals surface area contributed by atoms with Gasteiger partial charge >= 0.3 is 0 Å². The Labute approximate surface area is 760 Å². The zero-order chi connectivity index (χ0) is 97.0. The molecule has 14 rings (SSSR count). The number of hydrogen-bond donors (Lipinski definition) is 5. The van der Waals surface area contributed by atoms with Crippen LogP contribution in [0.2, 0.25) is 0 Å². The largest absolute Gasteiger partial charge is 0.381 e. The maximum absolute atomic E-state index is 5.07. The Morgan fingerprint density at radius 1 is 0.308 bits per heavy atom. The van der Waals surface area contributed by atoms with Crippen LogP contribution in [0.5, 0.6) is 0 Å². The number of nitrogens with zero attached hydrogens (tertiary/aromatic N) is 2. The molecule has 0 spiro atoms. The van der Waals surface area contributed by atoms with E-state index < -0.39 is 0 Å². The molecule has 0 saturated carbocycles. The van der Waals surface area contributed by atoms with Crippen LogP contribution in [-0.4, -0.2) is 192 Å². The van der Waals surface area contributed by atoms with Crippen molar-refractivity contribution >= 4 is 36.0 Å². The highest BCUT2D eigenvalue weighted by molar-refractivity contribution is 7.99. The minimum absolute atomic E-state index is 0.500. The second-order valence-electron chi connectivity index (χ2n) is 19.3. The third-order valence-corrected chi connectivity index (χ3v) is 13.6. The van der Waals surface area contributed by atoms with Crippen LogP contribution in [0.4, 0.5) is 0 Å². The molecule has 4 unspecified atom stereocenters. The third kappa shape index (κ3) is 291. The van der Waals surface area contributed by atoms with Crippen LogP contribution in [0.1, 0.15) is 462 Å². The summed E-state index contributed by atoms with van der Waals surface area (Å²) in [5, 5.41) is 12.6. The van der Waals surface area contributed by atoms with Crippen molar-refractivity contribution in [1.82, 2.24) is 26.7 Å². The summed E-state index contributed by atoms with van der Waals surface area (Å²) in [7, 11) is 0. The van der Waals surface area contributed by atoms with E-state index in [2.05, 4.69) is 94.9 Å². The van der Waals surface area contributed by atoms with Crippen LogP contribution in [0.25, 0.3) is 0 Å². The topological polar surface area (TPSA) is 172 Å². The summed E-state index contributed by atoms with van der Waals surface area (Å²) in [6.45, 7) is 124. The summed E-state index contributed by atoms with van der Waals surface area (Å²) in [4.78, 5) is 12.5. The molecule has 0 aromatic carbocycles. The van der Waals surface area contributed by atoms with Crippen LogP contribution in [0.3, 0.4) is 0 Å². The molecule has 0 aromatic heterocycles. The fourth-order valence-corrected chi connectivity index (χ4v) is 8.08. The molecule has 14 aliphatic rings. The molecule has 744 valence electrons. The van der Waals surface area contributed by atoms with Crippen molar-refractivity contribution in [1.29, 1.82) is 0 Å². The molecule has 14 heterocycles. The van der Waals surface area contributed by atoms with E-state index in [0.717, 1.165) is 117 Å². The van der Waals surface area contributed by atoms with Crippen LogP contribution >= 0.6 is 23.5 Å². The number of rotatable bonds is 0. The lowest BCUT2D eigenvalue weighted by Gasteiger charge is -2.20. The zero-order valence-electron chi connectivity index (χ0n) is 92.2. The van der Waals surface area contributed by atoms with Crippen molar-refractivity contribution < 1.29 is 38.0 Å². The predicted octanol–water partition coefficient (Wildman–Crippen LogP) is 32.2. The van der Waals surface area contributed by atoms with Crippen LogP contribution < -0.4 is 26.7 Å². The normalized spacial score (nSPS) is 17.7. The highest BCUT2D eigenvalue weighted by atomic mass is 32.2. The van der Waals surface area contributed by atoms with Gasteiger partial charge in [0.2, 0.25) is 0 Å². The van der Waals surface area contributed by atoms with Gasteiger partial charge in [-0.2, -0.15) is 23.5 Å². The first kappa shape index (κ1) is 178. The second kappa shape index (κ2) is 266. The molecule has 4 atom stereocenters. The Kier molecular flexibility index (Phi) is 404. The number of nitrogens with one attached hydrogen (secondary N) is 5. The SMILES string of the molecule is C1CCNC1.C1CCNCC1.C1CCOC1.C1CCOCC1.C1CCSC1.C1CCSCC1.C1CNOC1.C1COCN1.C1COCO1.CC.CC.CC.CC.CC.CC.CC.CC.CC.CC.CC.CC.CC.CC.CC.CC.CC.CC.CC.CC.CC.CC.CC.CC1C=NC1.CC1CC=N1.CC1CN1.CC1CO1.CC1COC1. The van der Waals surface area contributed by atoms with Gasteiger partial charge in [-0.1, -0.05) is 345 Å². The Bertz CT molecular complexity index is 866. The van der Waals surface area contributed by atoms with Crippen molar-refractivity contribution in [3.63, 3.8) is 0 Å². The fourth-order valence-electron chi connectivity index (χ4n) is 6.04. The standard InChI is InChI=1S/C5H11N.C5H10O.C5H10S.2C4H7N.C4H9N.2C4H8O.C4H8S.2C3H7NO.C3H7N.C3H6O2.C3H6O.23C2H6/c3*1-2-4-6-5-3-1;1-4-2-5-3-4;1-4-2-3-5-4;1-2-4-5-3-1;1-4-2-5-3-4;2*1-2-4-5-3-1;1-2-5-3-4-1;1-2-4-5-3-1;1-3-2-4-3;1-2-5-3-4-1;1-3-2-4-3;23*1-2/h6H,1-5H2;2*1-5H2;2,4H,3H2,1H3;3-4H,2H2,1H3;5H,1-4H2;4H,2-3H2,1H3;2*1-4H2;2*4H,1-3H2;3-4H,2H2,1H3;1-3H2;3H,2H2,1H3;23*1-2H3. The summed E-state index contributed by atoms with van der Waals surface area (Å²) in [5.41, 5.74) is 2.72. The number of thioether (sulfide) groups is 2. The van der Waals surface area contributed by atoms with Gasteiger partial charge in [-0.25, -0.2) is 5.48 Å². The van der Waals surface area contributed by atoms with Gasteiger partial charge in [-0.3, -0.25) is 15.3 Å². The summed E-state index contributed by atoms with van der Waals surface area (Å²) in [5.74, 6) is 7.28. The summed E-state index contributed by atoms with van der Waals surface area (Å²) < 4.78 is 33.8. The lowest BCUT2D eigenvalue weighted by Crippen LogP contribution is -2.23. The number of hydroxylamine groups is 1. The van der Waals surface area contributed by atoms with Crippen LogP contribution in [0.15, 0.2) is 9.98 Å². The van der Waals surface area contributed by atoms with Gasteiger partial charge in [0.25, 0.3) is 0 Å². The molecule has 17 heteroatoms. The Morgan fingerprint density at radius 2 is 0.573 bits per heavy atom. The second-order valence-corrected chi connectivity index (χ2v) is 21.8. The van der Waals surface area contributed by atoms with E-state index in [0.29, 0.717) is 18.9 Å². The molecule has 0 aliphatic carbocycles. The minimum atomic E-state index is 0.500. The highest BCUT2D eigenvalue weighted by Gasteiger charge is 2.13. The predicted molar refractivity (Wildman–Crippen MR) is 564 cm³/mol. The summed E-state index contributed by atoms with van der Waals surface area (Å²) in [6.07, 6.45) is 27.7. The first-order valence-electron chi connectivity index (χ1n) is 51.4. The van der Waals surface area contributed by atoms with Gasteiger partial charge in [-0.05, 0) is 160 Å². The van der Waals surface area contributed by atoms with Gasteiger partial charge in [0.05, 0.1) is 65.1 Å². The number of hydrogen-bond acceptors (Lipinski definition) is 17. The number of epoxide rings is 1.